The quantitative estimate of drug-likeness (QED) is 0.154. The third-order valence-corrected chi connectivity index (χ3v) is 12.9. The summed E-state index contributed by atoms with van der Waals surface area (Å²) in [5, 5.41) is 55.5. The van der Waals surface area contributed by atoms with E-state index in [-0.39, 0.29) is 50.4 Å². The third kappa shape index (κ3) is 10.4. The first-order chi connectivity index (χ1) is 26.4. The SMILES string of the molecule is CCC1C=C(C)C(O)C(C)CC(OC)C2OC(O)(C(=O)C(=O)N3CCCCC3C(=O)OC(C(C)=CC3CCC(O)C(O)C3)C(C)C(O)CC1=O)C(C)CC2OC. The smallest absolute Gasteiger partial charge is 0.329 e. The highest BCUT2D eigenvalue weighted by atomic mass is 16.7. The van der Waals surface area contributed by atoms with Crippen molar-refractivity contribution in [3.63, 3.8) is 0 Å². The first-order valence-corrected chi connectivity index (χ1v) is 20.5. The Kier molecular flexibility index (Phi) is 16.4. The molecule has 15 unspecified atom stereocenters. The van der Waals surface area contributed by atoms with Crippen LogP contribution in [-0.4, -0.2) is 135 Å². The molecule has 3 heterocycles. The summed E-state index contributed by atoms with van der Waals surface area (Å²) < 4.78 is 23.9. The maximum Gasteiger partial charge on any atom is 0.329 e. The Hall–Kier alpha value is -2.56. The number of ketones is 2. The lowest BCUT2D eigenvalue weighted by Gasteiger charge is -2.47. The van der Waals surface area contributed by atoms with E-state index >= 15 is 0 Å². The number of esters is 1. The first-order valence-electron chi connectivity index (χ1n) is 20.5. The van der Waals surface area contributed by atoms with E-state index in [1.807, 2.05) is 19.9 Å². The van der Waals surface area contributed by atoms with Gasteiger partial charge in [-0.05, 0) is 94.6 Å². The molecule has 2 bridgehead atoms. The number of hydrogen-bond donors (Lipinski definition) is 5. The number of methoxy groups -OCH3 is 2. The second-order valence-electron chi connectivity index (χ2n) is 17.0. The molecule has 2 saturated heterocycles. The van der Waals surface area contributed by atoms with E-state index in [1.165, 1.54) is 14.2 Å². The normalized spacial score (nSPS) is 42.0. The fraction of sp³-hybridized carbons (Fsp3) is 0.810. The predicted octanol–water partition coefficient (Wildman–Crippen LogP) is 2.79. The standard InChI is InChI=1S/C42H67NO13/c1-9-28-17-22(2)36(48)23(3)18-34(53-7)38-35(54-8)19-25(5)42(52,56-38)39(49)40(50)43-15-11-10-12-29(43)41(51)55-37(26(6)31(45)21-32(28)46)24(4)16-27-13-14-30(44)33(47)20-27/h16-17,23,25-31,33-38,44-45,47-48,52H,9-15,18-21H2,1-8H3. The lowest BCUT2D eigenvalue weighted by molar-refractivity contribution is -0.302. The van der Waals surface area contributed by atoms with Crippen molar-refractivity contribution in [3.05, 3.63) is 23.3 Å². The van der Waals surface area contributed by atoms with Gasteiger partial charge in [0.15, 0.2) is 0 Å². The third-order valence-electron chi connectivity index (χ3n) is 12.9. The summed E-state index contributed by atoms with van der Waals surface area (Å²) >= 11 is 0. The van der Waals surface area contributed by atoms with E-state index in [0.29, 0.717) is 43.3 Å². The number of carbonyl (C=O) groups excluding carboxylic acids is 4. The monoisotopic (exact) mass is 793 g/mol. The number of ether oxygens (including phenoxy) is 4. The van der Waals surface area contributed by atoms with Gasteiger partial charge in [0.1, 0.15) is 24.0 Å². The number of carbonyl (C=O) groups is 4. The fourth-order valence-corrected chi connectivity index (χ4v) is 9.08. The lowest BCUT2D eigenvalue weighted by Crippen LogP contribution is -2.64. The summed E-state index contributed by atoms with van der Waals surface area (Å²) in [5.41, 5.74) is 1.11. The molecule has 0 aromatic heterocycles. The van der Waals surface area contributed by atoms with Gasteiger partial charge in [-0.15, -0.1) is 0 Å². The number of fused-ring (bicyclic) bond motifs is 3. The molecule has 15 atom stereocenters. The van der Waals surface area contributed by atoms with Crippen molar-refractivity contribution in [3.8, 4) is 0 Å². The van der Waals surface area contributed by atoms with Crippen molar-refractivity contribution in [2.45, 2.75) is 166 Å². The van der Waals surface area contributed by atoms with E-state index < -0.39 is 102 Å². The maximum absolute atomic E-state index is 14.2. The number of cyclic esters (lactones) is 1. The zero-order chi connectivity index (χ0) is 41.6. The molecular formula is C42H67NO13. The molecule has 318 valence electrons. The van der Waals surface area contributed by atoms with Crippen LogP contribution >= 0.6 is 0 Å². The van der Waals surface area contributed by atoms with Crippen LogP contribution in [0.5, 0.6) is 0 Å². The Bertz CT molecular complexity index is 1450. The van der Waals surface area contributed by atoms with Crippen LogP contribution < -0.4 is 0 Å². The average molecular weight is 794 g/mol. The maximum atomic E-state index is 14.2. The summed E-state index contributed by atoms with van der Waals surface area (Å²) in [6.45, 7) is 10.4. The van der Waals surface area contributed by atoms with Gasteiger partial charge in [0.25, 0.3) is 11.7 Å². The second kappa shape index (κ2) is 19.9. The number of nitrogens with zero attached hydrogens (tertiary/aromatic N) is 1. The molecule has 1 aliphatic carbocycles. The highest BCUT2D eigenvalue weighted by molar-refractivity contribution is 6.39. The molecule has 5 N–H and O–H groups in total. The van der Waals surface area contributed by atoms with Gasteiger partial charge in [-0.3, -0.25) is 14.4 Å². The van der Waals surface area contributed by atoms with Crippen molar-refractivity contribution >= 4 is 23.4 Å². The molecule has 4 rings (SSSR count). The molecular weight excluding hydrogens is 726 g/mol. The fourth-order valence-electron chi connectivity index (χ4n) is 9.08. The molecule has 0 aromatic carbocycles. The largest absolute Gasteiger partial charge is 0.456 e. The van der Waals surface area contributed by atoms with Crippen LogP contribution in [0.25, 0.3) is 0 Å². The zero-order valence-electron chi connectivity index (χ0n) is 34.5. The highest BCUT2D eigenvalue weighted by Crippen LogP contribution is 2.39. The number of allylic oxidation sites excluding steroid dienone is 2. The number of rotatable bonds is 5. The van der Waals surface area contributed by atoms with Gasteiger partial charge in [0, 0.05) is 44.9 Å². The Morgan fingerprint density at radius 2 is 1.59 bits per heavy atom. The predicted molar refractivity (Wildman–Crippen MR) is 205 cm³/mol. The minimum Gasteiger partial charge on any atom is -0.456 e. The van der Waals surface area contributed by atoms with Gasteiger partial charge in [0.05, 0.1) is 36.6 Å². The molecule has 0 aromatic rings. The van der Waals surface area contributed by atoms with Gasteiger partial charge in [-0.25, -0.2) is 4.79 Å². The molecule has 0 spiro atoms. The number of aliphatic hydroxyl groups excluding tert-OH is 4. The summed E-state index contributed by atoms with van der Waals surface area (Å²) in [4.78, 5) is 57.5. The Labute approximate surface area is 331 Å². The summed E-state index contributed by atoms with van der Waals surface area (Å²) in [6.07, 6.45) is -0.938. The number of aliphatic hydroxyl groups is 5. The van der Waals surface area contributed by atoms with Gasteiger partial charge in [-0.1, -0.05) is 39.8 Å². The van der Waals surface area contributed by atoms with Crippen molar-refractivity contribution in [2.24, 2.45) is 29.6 Å². The molecule has 4 aliphatic rings. The second-order valence-corrected chi connectivity index (χ2v) is 17.0. The number of Topliss-reactive ketones (excluding diaryl/α,β-unsaturated/α-hetero) is 2. The molecule has 0 radical (unpaired) electrons. The van der Waals surface area contributed by atoms with Crippen LogP contribution in [0, 0.1) is 29.6 Å². The summed E-state index contributed by atoms with van der Waals surface area (Å²) in [5.74, 6) is -8.86. The van der Waals surface area contributed by atoms with Crippen molar-refractivity contribution in [1.29, 1.82) is 0 Å². The molecule has 14 nitrogen and oxygen atoms in total. The Morgan fingerprint density at radius 1 is 0.929 bits per heavy atom. The van der Waals surface area contributed by atoms with E-state index in [0.717, 1.165) is 4.90 Å². The molecule has 3 aliphatic heterocycles. The van der Waals surface area contributed by atoms with Crippen LogP contribution in [0.3, 0.4) is 0 Å². The van der Waals surface area contributed by atoms with Crippen molar-refractivity contribution in [1.82, 2.24) is 4.90 Å². The number of piperidine rings is 1. The van der Waals surface area contributed by atoms with Crippen LogP contribution in [0.2, 0.25) is 0 Å². The molecule has 1 saturated carbocycles. The van der Waals surface area contributed by atoms with Crippen LogP contribution in [-0.2, 0) is 38.1 Å². The first kappa shape index (κ1) is 46.1. The van der Waals surface area contributed by atoms with E-state index in [1.54, 1.807) is 33.8 Å². The van der Waals surface area contributed by atoms with Gasteiger partial charge in [-0.2, -0.15) is 0 Å². The van der Waals surface area contributed by atoms with Gasteiger partial charge >= 0.3 is 5.97 Å². The molecule has 3 fully saturated rings. The Morgan fingerprint density at radius 3 is 2.21 bits per heavy atom. The van der Waals surface area contributed by atoms with Crippen LogP contribution in [0.4, 0.5) is 0 Å². The minimum atomic E-state index is -2.58. The van der Waals surface area contributed by atoms with Crippen LogP contribution in [0.1, 0.15) is 106 Å². The minimum absolute atomic E-state index is 0.0498. The van der Waals surface area contributed by atoms with Crippen molar-refractivity contribution in [2.75, 3.05) is 20.8 Å². The summed E-state index contributed by atoms with van der Waals surface area (Å²) in [7, 11) is 2.93. The van der Waals surface area contributed by atoms with E-state index in [9.17, 15) is 44.7 Å². The van der Waals surface area contributed by atoms with E-state index in [4.69, 9.17) is 18.9 Å². The van der Waals surface area contributed by atoms with E-state index in [2.05, 4.69) is 0 Å². The molecule has 56 heavy (non-hydrogen) atoms. The number of hydrogen-bond acceptors (Lipinski definition) is 13. The van der Waals surface area contributed by atoms with Gasteiger partial charge in [0.2, 0.25) is 5.79 Å². The zero-order valence-corrected chi connectivity index (χ0v) is 34.5. The molecule has 1 amide bonds. The van der Waals surface area contributed by atoms with Gasteiger partial charge < -0.3 is 49.4 Å². The molecule has 14 heteroatoms. The topological polar surface area (TPSA) is 210 Å². The Balaban J connectivity index is 1.79. The van der Waals surface area contributed by atoms with Crippen LogP contribution in [0.15, 0.2) is 23.3 Å². The van der Waals surface area contributed by atoms with Crippen molar-refractivity contribution < 1.29 is 63.7 Å². The average Bonchev–Trinajstić information content (AvgIpc) is 3.18. The summed E-state index contributed by atoms with van der Waals surface area (Å²) in [6, 6.07) is -1.18. The lowest BCUT2D eigenvalue weighted by atomic mass is 9.81. The highest BCUT2D eigenvalue weighted by Gasteiger charge is 2.56. The number of amides is 1.